The number of rotatable bonds is 1. The molecule has 1 aromatic rings. The first-order valence-corrected chi connectivity index (χ1v) is 6.10. The number of nitrogens with two attached hydrogens (primary N) is 1. The van der Waals surface area contributed by atoms with Gasteiger partial charge in [-0.2, -0.15) is 0 Å². The van der Waals surface area contributed by atoms with Gasteiger partial charge in [-0.25, -0.2) is 0 Å². The number of ether oxygens (including phenoxy) is 1. The summed E-state index contributed by atoms with van der Waals surface area (Å²) < 4.78 is 4.75. The number of methoxy groups -OCH3 is 1. The maximum absolute atomic E-state index is 11.6. The normalized spacial score (nSPS) is 21.8. The van der Waals surface area contributed by atoms with Gasteiger partial charge in [0.15, 0.2) is 0 Å². The van der Waals surface area contributed by atoms with Crippen molar-refractivity contribution in [3.8, 4) is 0 Å². The Labute approximate surface area is 122 Å². The zero-order valence-corrected chi connectivity index (χ0v) is 12.1. The van der Waals surface area contributed by atoms with Crippen molar-refractivity contribution in [2.75, 3.05) is 7.11 Å². The second-order valence-corrected chi connectivity index (χ2v) is 4.98. The molecule has 0 unspecified atom stereocenters. The molecule has 0 aromatic heterocycles. The van der Waals surface area contributed by atoms with E-state index in [1.165, 1.54) is 7.11 Å². The summed E-state index contributed by atoms with van der Waals surface area (Å²) in [7, 11) is 1.38. The van der Waals surface area contributed by atoms with Gasteiger partial charge in [0, 0.05) is 6.04 Å². The SMILES string of the molecule is COC(=O)[C@@H]1Cc2c(ccc(Cl)c2Cl)[C@H](N)C1.Cl. The summed E-state index contributed by atoms with van der Waals surface area (Å²) in [4.78, 5) is 11.6. The summed E-state index contributed by atoms with van der Waals surface area (Å²) in [6.45, 7) is 0. The molecule has 18 heavy (non-hydrogen) atoms. The summed E-state index contributed by atoms with van der Waals surface area (Å²) >= 11 is 12.1. The number of esters is 1. The fraction of sp³-hybridized carbons (Fsp3) is 0.417. The van der Waals surface area contributed by atoms with Gasteiger partial charge in [0.25, 0.3) is 0 Å². The first kappa shape index (κ1) is 15.6. The van der Waals surface area contributed by atoms with Crippen molar-refractivity contribution in [1.82, 2.24) is 0 Å². The van der Waals surface area contributed by atoms with Crippen LogP contribution in [-0.2, 0) is 16.0 Å². The summed E-state index contributed by atoms with van der Waals surface area (Å²) in [5.41, 5.74) is 7.88. The maximum Gasteiger partial charge on any atom is 0.309 e. The summed E-state index contributed by atoms with van der Waals surface area (Å²) in [5.74, 6) is -0.486. The molecule has 2 rings (SSSR count). The standard InChI is InChI=1S/C12H13Cl2NO2.ClH/c1-17-12(16)6-4-8-7(10(15)5-6)2-3-9(13)11(8)14;/h2-3,6,10H,4-5,15H2,1H3;1H/t6-,10-;/m1./s1. The van der Waals surface area contributed by atoms with Crippen molar-refractivity contribution in [1.29, 1.82) is 0 Å². The molecule has 1 aliphatic carbocycles. The van der Waals surface area contributed by atoms with E-state index < -0.39 is 0 Å². The minimum absolute atomic E-state index is 0. The van der Waals surface area contributed by atoms with E-state index >= 15 is 0 Å². The quantitative estimate of drug-likeness (QED) is 0.811. The Morgan fingerprint density at radius 3 is 2.72 bits per heavy atom. The molecule has 6 heteroatoms. The van der Waals surface area contributed by atoms with Crippen LogP contribution in [0.5, 0.6) is 0 Å². The van der Waals surface area contributed by atoms with Crippen molar-refractivity contribution >= 4 is 41.6 Å². The number of hydrogen-bond donors (Lipinski definition) is 1. The van der Waals surface area contributed by atoms with Crippen molar-refractivity contribution in [3.63, 3.8) is 0 Å². The molecular weight excluding hydrogens is 296 g/mol. The summed E-state index contributed by atoms with van der Waals surface area (Å²) in [6.07, 6.45) is 1.12. The maximum atomic E-state index is 11.6. The fourth-order valence-electron chi connectivity index (χ4n) is 2.27. The van der Waals surface area contributed by atoms with Gasteiger partial charge in [-0.1, -0.05) is 29.3 Å². The Bertz CT molecular complexity index is 465. The van der Waals surface area contributed by atoms with Crippen molar-refractivity contribution in [3.05, 3.63) is 33.3 Å². The van der Waals surface area contributed by atoms with Gasteiger partial charge >= 0.3 is 5.97 Å². The van der Waals surface area contributed by atoms with E-state index in [0.29, 0.717) is 22.9 Å². The second-order valence-electron chi connectivity index (χ2n) is 4.20. The highest BCUT2D eigenvalue weighted by atomic mass is 35.5. The molecular formula is C12H14Cl3NO2. The molecule has 1 aromatic carbocycles. The first-order chi connectivity index (χ1) is 8.04. The Morgan fingerprint density at radius 1 is 1.44 bits per heavy atom. The fourth-order valence-corrected chi connectivity index (χ4v) is 2.70. The average molecular weight is 311 g/mol. The van der Waals surface area contributed by atoms with Crippen LogP contribution in [0.3, 0.4) is 0 Å². The van der Waals surface area contributed by atoms with E-state index in [0.717, 1.165) is 11.1 Å². The number of benzene rings is 1. The zero-order valence-electron chi connectivity index (χ0n) is 9.78. The Hall–Kier alpha value is -0.480. The Balaban J connectivity index is 0.00000162. The third kappa shape index (κ3) is 2.75. The van der Waals surface area contributed by atoms with Gasteiger partial charge in [0.2, 0.25) is 0 Å². The smallest absolute Gasteiger partial charge is 0.309 e. The molecule has 0 radical (unpaired) electrons. The molecule has 0 saturated carbocycles. The lowest BCUT2D eigenvalue weighted by Crippen LogP contribution is -2.30. The molecule has 0 aliphatic heterocycles. The van der Waals surface area contributed by atoms with E-state index in [9.17, 15) is 4.79 Å². The minimum Gasteiger partial charge on any atom is -0.469 e. The van der Waals surface area contributed by atoms with Crippen LogP contribution >= 0.6 is 35.6 Å². The molecule has 1 aliphatic rings. The van der Waals surface area contributed by atoms with Crippen LogP contribution in [0.1, 0.15) is 23.6 Å². The van der Waals surface area contributed by atoms with Crippen LogP contribution in [0.4, 0.5) is 0 Å². The van der Waals surface area contributed by atoms with Crippen LogP contribution < -0.4 is 5.73 Å². The summed E-state index contributed by atoms with van der Waals surface area (Å²) in [5, 5.41) is 0.983. The number of halogens is 3. The van der Waals surface area contributed by atoms with Gasteiger partial charge in [-0.3, -0.25) is 4.79 Å². The molecule has 3 nitrogen and oxygen atoms in total. The van der Waals surface area contributed by atoms with Crippen LogP contribution in [0.25, 0.3) is 0 Å². The second kappa shape index (κ2) is 6.11. The van der Waals surface area contributed by atoms with Gasteiger partial charge in [0.05, 0.1) is 23.1 Å². The molecule has 0 spiro atoms. The van der Waals surface area contributed by atoms with Crippen LogP contribution in [-0.4, -0.2) is 13.1 Å². The first-order valence-electron chi connectivity index (χ1n) is 5.34. The monoisotopic (exact) mass is 309 g/mol. The van der Waals surface area contributed by atoms with Crippen LogP contribution in [0.2, 0.25) is 10.0 Å². The Morgan fingerprint density at radius 2 is 2.11 bits per heavy atom. The third-order valence-electron chi connectivity index (χ3n) is 3.16. The van der Waals surface area contributed by atoms with Crippen LogP contribution in [0, 0.1) is 5.92 Å². The molecule has 0 bridgehead atoms. The highest BCUT2D eigenvalue weighted by Crippen LogP contribution is 2.39. The van der Waals surface area contributed by atoms with E-state index in [1.807, 2.05) is 6.07 Å². The largest absolute Gasteiger partial charge is 0.469 e. The van der Waals surface area contributed by atoms with Gasteiger partial charge in [-0.15, -0.1) is 12.4 Å². The molecule has 2 N–H and O–H groups in total. The predicted octanol–water partition coefficient (Wildman–Crippen LogP) is 3.15. The van der Waals surface area contributed by atoms with E-state index in [-0.39, 0.29) is 30.3 Å². The van der Waals surface area contributed by atoms with Gasteiger partial charge in [-0.05, 0) is 30.0 Å². The summed E-state index contributed by atoms with van der Waals surface area (Å²) in [6, 6.07) is 3.42. The molecule has 100 valence electrons. The predicted molar refractivity (Wildman–Crippen MR) is 74.5 cm³/mol. The zero-order chi connectivity index (χ0) is 12.6. The van der Waals surface area contributed by atoms with Crippen molar-refractivity contribution < 1.29 is 9.53 Å². The topological polar surface area (TPSA) is 52.3 Å². The number of carbonyl (C=O) groups excluding carboxylic acids is 1. The van der Waals surface area contributed by atoms with E-state index in [1.54, 1.807) is 6.07 Å². The van der Waals surface area contributed by atoms with Crippen molar-refractivity contribution in [2.45, 2.75) is 18.9 Å². The third-order valence-corrected chi connectivity index (χ3v) is 4.00. The molecule has 0 heterocycles. The minimum atomic E-state index is -0.248. The lowest BCUT2D eigenvalue weighted by molar-refractivity contribution is -0.146. The Kier molecular flexibility index (Phi) is 5.29. The number of hydrogen-bond acceptors (Lipinski definition) is 3. The molecule has 2 atom stereocenters. The van der Waals surface area contributed by atoms with E-state index in [2.05, 4.69) is 0 Å². The van der Waals surface area contributed by atoms with Crippen molar-refractivity contribution in [2.24, 2.45) is 11.7 Å². The lowest BCUT2D eigenvalue weighted by atomic mass is 9.81. The molecule has 0 saturated heterocycles. The lowest BCUT2D eigenvalue weighted by Gasteiger charge is -2.28. The average Bonchev–Trinajstić information content (AvgIpc) is 2.33. The van der Waals surface area contributed by atoms with Gasteiger partial charge in [0.1, 0.15) is 0 Å². The number of fused-ring (bicyclic) bond motifs is 1. The molecule has 0 fully saturated rings. The van der Waals surface area contributed by atoms with E-state index in [4.69, 9.17) is 33.7 Å². The highest BCUT2D eigenvalue weighted by molar-refractivity contribution is 6.42. The molecule has 0 amide bonds. The highest BCUT2D eigenvalue weighted by Gasteiger charge is 2.31. The number of carbonyl (C=O) groups is 1. The van der Waals surface area contributed by atoms with Gasteiger partial charge < -0.3 is 10.5 Å². The van der Waals surface area contributed by atoms with Crippen LogP contribution in [0.15, 0.2) is 12.1 Å².